The SMILES string of the molecule is CC(=O)OC(C)=O.Cc1cccnc1C.Cn1ccnc1. The molecule has 0 radical (unpaired) electrons. The van der Waals surface area contributed by atoms with Gasteiger partial charge in [0, 0.05) is 45.2 Å². The average molecular weight is 291 g/mol. The second-order valence-electron chi connectivity index (χ2n) is 4.22. The lowest BCUT2D eigenvalue weighted by atomic mass is 10.2. The minimum Gasteiger partial charge on any atom is -0.394 e. The maximum atomic E-state index is 9.81. The molecule has 0 aromatic carbocycles. The van der Waals surface area contributed by atoms with Crippen LogP contribution < -0.4 is 0 Å². The van der Waals surface area contributed by atoms with Gasteiger partial charge in [-0.05, 0) is 25.5 Å². The number of aromatic nitrogens is 3. The number of hydrogen-bond acceptors (Lipinski definition) is 5. The van der Waals surface area contributed by atoms with E-state index in [2.05, 4.69) is 27.7 Å². The Hall–Kier alpha value is -2.50. The van der Waals surface area contributed by atoms with Crippen LogP contribution in [-0.4, -0.2) is 26.5 Å². The number of ether oxygens (including phenoxy) is 1. The largest absolute Gasteiger partial charge is 0.394 e. The summed E-state index contributed by atoms with van der Waals surface area (Å²) in [5.41, 5.74) is 2.38. The molecule has 2 heterocycles. The van der Waals surface area contributed by atoms with E-state index in [4.69, 9.17) is 0 Å². The Morgan fingerprint density at radius 2 is 1.76 bits per heavy atom. The molecule has 0 N–H and O–H groups in total. The second kappa shape index (κ2) is 10.3. The van der Waals surface area contributed by atoms with Crippen molar-refractivity contribution >= 4 is 11.9 Å². The highest BCUT2D eigenvalue weighted by Gasteiger charge is 1.93. The summed E-state index contributed by atoms with van der Waals surface area (Å²) in [5, 5.41) is 0. The highest BCUT2D eigenvalue weighted by molar-refractivity contribution is 5.82. The molecule has 0 bridgehead atoms. The number of imidazole rings is 1. The fourth-order valence-corrected chi connectivity index (χ4v) is 1.09. The van der Waals surface area contributed by atoms with Crippen LogP contribution in [0.3, 0.4) is 0 Å². The molecule has 0 spiro atoms. The summed E-state index contributed by atoms with van der Waals surface area (Å²) < 4.78 is 5.86. The fraction of sp³-hybridized carbons (Fsp3) is 0.333. The van der Waals surface area contributed by atoms with Gasteiger partial charge in [-0.15, -0.1) is 0 Å². The van der Waals surface area contributed by atoms with Crippen LogP contribution in [0.25, 0.3) is 0 Å². The lowest BCUT2D eigenvalue weighted by Crippen LogP contribution is -2.03. The van der Waals surface area contributed by atoms with Gasteiger partial charge in [0.25, 0.3) is 0 Å². The molecule has 6 nitrogen and oxygen atoms in total. The van der Waals surface area contributed by atoms with Gasteiger partial charge in [0.1, 0.15) is 0 Å². The summed E-state index contributed by atoms with van der Waals surface area (Å²) in [4.78, 5) is 27.5. The van der Waals surface area contributed by atoms with Crippen LogP contribution in [0.2, 0.25) is 0 Å². The highest BCUT2D eigenvalue weighted by atomic mass is 16.6. The summed E-state index contributed by atoms with van der Waals surface area (Å²) in [6, 6.07) is 4.00. The molecule has 0 aliphatic heterocycles. The molecule has 0 saturated carbocycles. The zero-order valence-corrected chi connectivity index (χ0v) is 13.0. The Bertz CT molecular complexity index is 518. The minimum atomic E-state index is -0.562. The zero-order valence-electron chi connectivity index (χ0n) is 13.0. The average Bonchev–Trinajstić information content (AvgIpc) is 2.84. The molecule has 0 saturated heterocycles. The van der Waals surface area contributed by atoms with E-state index in [9.17, 15) is 9.59 Å². The Kier molecular flexibility index (Phi) is 9.08. The number of aryl methyl sites for hydroxylation is 3. The maximum absolute atomic E-state index is 9.81. The quantitative estimate of drug-likeness (QED) is 0.549. The Morgan fingerprint density at radius 3 is 1.95 bits per heavy atom. The first-order valence-electron chi connectivity index (χ1n) is 6.32. The van der Waals surface area contributed by atoms with Crippen LogP contribution in [0.4, 0.5) is 0 Å². The van der Waals surface area contributed by atoms with Crippen molar-refractivity contribution in [2.24, 2.45) is 7.05 Å². The molecule has 114 valence electrons. The lowest BCUT2D eigenvalue weighted by Gasteiger charge is -1.92. The summed E-state index contributed by atoms with van der Waals surface area (Å²) in [7, 11) is 1.94. The number of hydrogen-bond donors (Lipinski definition) is 0. The molecular weight excluding hydrogens is 270 g/mol. The van der Waals surface area contributed by atoms with Crippen LogP contribution >= 0.6 is 0 Å². The smallest absolute Gasteiger partial charge is 0.310 e. The van der Waals surface area contributed by atoms with Crippen molar-refractivity contribution in [1.82, 2.24) is 14.5 Å². The van der Waals surface area contributed by atoms with Crippen LogP contribution in [0.1, 0.15) is 25.1 Å². The standard InChI is InChI=1S/C7H9N.C4H6N2.C4H6O3/c1-6-4-3-5-8-7(6)2;1-6-3-2-5-4-6;1-3(5)7-4(2)6/h3-5H,1-2H3;2-4H,1H3;1-2H3. The van der Waals surface area contributed by atoms with Gasteiger partial charge >= 0.3 is 11.9 Å². The molecule has 6 heteroatoms. The molecule has 0 unspecified atom stereocenters. The normalized spacial score (nSPS) is 8.62. The number of pyridine rings is 1. The number of carbonyl (C=O) groups excluding carboxylic acids is 2. The lowest BCUT2D eigenvalue weighted by molar-refractivity contribution is -0.156. The van der Waals surface area contributed by atoms with E-state index >= 15 is 0 Å². The van der Waals surface area contributed by atoms with E-state index in [-0.39, 0.29) is 0 Å². The number of rotatable bonds is 0. The predicted molar refractivity (Wildman–Crippen MR) is 79.4 cm³/mol. The van der Waals surface area contributed by atoms with Gasteiger partial charge in [-0.1, -0.05) is 6.07 Å². The van der Waals surface area contributed by atoms with Crippen molar-refractivity contribution in [2.45, 2.75) is 27.7 Å². The predicted octanol–water partition coefficient (Wildman–Crippen LogP) is 2.21. The van der Waals surface area contributed by atoms with Crippen LogP contribution in [0, 0.1) is 13.8 Å². The van der Waals surface area contributed by atoms with E-state index in [1.54, 1.807) is 12.5 Å². The van der Waals surface area contributed by atoms with Gasteiger partial charge in [-0.2, -0.15) is 0 Å². The molecule has 0 atom stereocenters. The molecule has 0 fully saturated rings. The first kappa shape index (κ1) is 18.5. The third kappa shape index (κ3) is 11.1. The van der Waals surface area contributed by atoms with Gasteiger partial charge in [-0.25, -0.2) is 4.98 Å². The zero-order chi connectivity index (χ0) is 16.3. The van der Waals surface area contributed by atoms with Gasteiger partial charge in [0.05, 0.1) is 6.33 Å². The molecule has 0 amide bonds. The molecular formula is C15H21N3O3. The molecule has 0 aliphatic rings. The maximum Gasteiger partial charge on any atom is 0.310 e. The molecule has 2 aromatic heterocycles. The first-order valence-corrected chi connectivity index (χ1v) is 6.32. The van der Waals surface area contributed by atoms with E-state index in [0.29, 0.717) is 0 Å². The number of carbonyl (C=O) groups is 2. The molecule has 0 aliphatic carbocycles. The summed E-state index contributed by atoms with van der Waals surface area (Å²) >= 11 is 0. The van der Waals surface area contributed by atoms with Crippen molar-refractivity contribution in [3.8, 4) is 0 Å². The summed E-state index contributed by atoms with van der Waals surface area (Å²) in [6.45, 7) is 6.43. The molecule has 21 heavy (non-hydrogen) atoms. The van der Waals surface area contributed by atoms with Gasteiger partial charge in [0.2, 0.25) is 0 Å². The molecule has 2 aromatic rings. The van der Waals surface area contributed by atoms with Crippen molar-refractivity contribution in [3.63, 3.8) is 0 Å². The summed E-state index contributed by atoms with van der Waals surface area (Å²) in [6.07, 6.45) is 7.20. The van der Waals surface area contributed by atoms with Gasteiger partial charge in [0.15, 0.2) is 0 Å². The minimum absolute atomic E-state index is 0.562. The van der Waals surface area contributed by atoms with Crippen molar-refractivity contribution in [2.75, 3.05) is 0 Å². The van der Waals surface area contributed by atoms with Crippen molar-refractivity contribution < 1.29 is 14.3 Å². The fourth-order valence-electron chi connectivity index (χ4n) is 1.09. The van der Waals surface area contributed by atoms with Crippen LogP contribution in [-0.2, 0) is 21.4 Å². The van der Waals surface area contributed by atoms with Crippen LogP contribution in [0.5, 0.6) is 0 Å². The van der Waals surface area contributed by atoms with Gasteiger partial charge < -0.3 is 9.30 Å². The molecule has 2 rings (SSSR count). The Balaban J connectivity index is 0.000000289. The van der Waals surface area contributed by atoms with Crippen molar-refractivity contribution in [1.29, 1.82) is 0 Å². The highest BCUT2D eigenvalue weighted by Crippen LogP contribution is 1.98. The van der Waals surface area contributed by atoms with E-state index < -0.39 is 11.9 Å². The monoisotopic (exact) mass is 291 g/mol. The van der Waals surface area contributed by atoms with Gasteiger partial charge in [-0.3, -0.25) is 14.6 Å². The Morgan fingerprint density at radius 1 is 1.14 bits per heavy atom. The van der Waals surface area contributed by atoms with E-state index in [1.807, 2.05) is 37.0 Å². The second-order valence-corrected chi connectivity index (χ2v) is 4.22. The first-order chi connectivity index (χ1) is 9.82. The van der Waals surface area contributed by atoms with Crippen molar-refractivity contribution in [3.05, 3.63) is 48.3 Å². The van der Waals surface area contributed by atoms with E-state index in [1.165, 1.54) is 19.4 Å². The number of esters is 2. The van der Waals surface area contributed by atoms with Crippen LogP contribution in [0.15, 0.2) is 37.1 Å². The van der Waals surface area contributed by atoms with E-state index in [0.717, 1.165) is 5.69 Å². The third-order valence-electron chi connectivity index (χ3n) is 2.20. The topological polar surface area (TPSA) is 74.1 Å². The number of nitrogens with zero attached hydrogens (tertiary/aromatic N) is 3. The Labute approximate surface area is 124 Å². The summed E-state index contributed by atoms with van der Waals surface area (Å²) in [5.74, 6) is -1.12. The third-order valence-corrected chi connectivity index (χ3v) is 2.20.